The van der Waals surface area contributed by atoms with Crippen LogP contribution in [0.25, 0.3) is 0 Å². The van der Waals surface area contributed by atoms with Gasteiger partial charge in [-0.15, -0.1) is 0 Å². The molecule has 158 valence electrons. The van der Waals surface area contributed by atoms with E-state index in [1.807, 2.05) is 0 Å². The highest BCUT2D eigenvalue weighted by atomic mass is 19.4. The molecular weight excluding hydrogens is 401 g/mol. The van der Waals surface area contributed by atoms with E-state index in [1.165, 1.54) is 6.26 Å². The van der Waals surface area contributed by atoms with Crippen LogP contribution in [0, 0.1) is 0 Å². The number of rotatable bonds is 4. The number of anilines is 2. The standard InChI is InChI=1S/C20H19F3N4O3/c1-11(28)12-4-2-5-13(8-12)25-19(29)14-10-24-27-17(20(21,22)23)9-15(26-18(14)27)16-6-3-7-30-16/h2-8,10-11,15,17,26,28H,9H2,1H3,(H,25,29)/t11-,15-,17-/m0/s1. The Kier molecular flexibility index (Phi) is 5.02. The Morgan fingerprint density at radius 1 is 1.37 bits per heavy atom. The molecule has 0 saturated heterocycles. The third-order valence-corrected chi connectivity index (χ3v) is 5.00. The zero-order valence-corrected chi connectivity index (χ0v) is 15.8. The number of aliphatic hydroxyl groups is 1. The minimum Gasteiger partial charge on any atom is -0.467 e. The van der Waals surface area contributed by atoms with Crippen LogP contribution in [0.1, 0.15) is 53.2 Å². The highest BCUT2D eigenvalue weighted by Gasteiger charge is 2.47. The topological polar surface area (TPSA) is 92.3 Å². The summed E-state index contributed by atoms with van der Waals surface area (Å²) in [7, 11) is 0. The summed E-state index contributed by atoms with van der Waals surface area (Å²) in [5.41, 5.74) is 0.977. The average molecular weight is 420 g/mol. The second kappa shape index (κ2) is 7.52. The third kappa shape index (κ3) is 3.78. The van der Waals surface area contributed by atoms with E-state index in [1.54, 1.807) is 43.3 Å². The van der Waals surface area contributed by atoms with Gasteiger partial charge in [-0.2, -0.15) is 18.3 Å². The van der Waals surface area contributed by atoms with Crippen molar-refractivity contribution in [3.05, 3.63) is 65.7 Å². The van der Waals surface area contributed by atoms with Crippen LogP contribution in [0.4, 0.5) is 24.7 Å². The molecule has 1 aromatic carbocycles. The number of alkyl halides is 3. The smallest absolute Gasteiger partial charge is 0.410 e. The Balaban J connectivity index is 1.66. The van der Waals surface area contributed by atoms with Crippen molar-refractivity contribution in [3.63, 3.8) is 0 Å². The number of hydrogen-bond acceptors (Lipinski definition) is 5. The summed E-state index contributed by atoms with van der Waals surface area (Å²) in [6, 6.07) is 7.09. The molecule has 3 atom stereocenters. The molecule has 3 N–H and O–H groups in total. The van der Waals surface area contributed by atoms with Crippen molar-refractivity contribution in [1.82, 2.24) is 9.78 Å². The maximum atomic E-state index is 13.7. The van der Waals surface area contributed by atoms with Crippen molar-refractivity contribution in [2.45, 2.75) is 37.7 Å². The lowest BCUT2D eigenvalue weighted by Crippen LogP contribution is -2.36. The van der Waals surface area contributed by atoms with Gasteiger partial charge in [-0.1, -0.05) is 12.1 Å². The predicted molar refractivity (Wildman–Crippen MR) is 102 cm³/mol. The lowest BCUT2D eigenvalue weighted by molar-refractivity contribution is -0.174. The molecule has 3 heterocycles. The number of halogens is 3. The van der Waals surface area contributed by atoms with E-state index in [-0.39, 0.29) is 17.8 Å². The van der Waals surface area contributed by atoms with E-state index in [9.17, 15) is 23.1 Å². The van der Waals surface area contributed by atoms with E-state index in [0.29, 0.717) is 17.0 Å². The van der Waals surface area contributed by atoms with Gasteiger partial charge in [-0.25, -0.2) is 4.68 Å². The van der Waals surface area contributed by atoms with E-state index < -0.39 is 30.3 Å². The highest BCUT2D eigenvalue weighted by Crippen LogP contribution is 2.44. The van der Waals surface area contributed by atoms with Crippen LogP contribution < -0.4 is 10.6 Å². The molecule has 0 unspecified atom stereocenters. The second-order valence-corrected chi connectivity index (χ2v) is 7.11. The zero-order chi connectivity index (χ0) is 21.5. The van der Waals surface area contributed by atoms with Crippen LogP contribution in [-0.2, 0) is 0 Å². The van der Waals surface area contributed by atoms with Crippen LogP contribution in [0.15, 0.2) is 53.3 Å². The lowest BCUT2D eigenvalue weighted by atomic mass is 10.0. The van der Waals surface area contributed by atoms with E-state index in [4.69, 9.17) is 4.42 Å². The molecule has 3 aromatic rings. The Labute approximate surface area is 169 Å². The molecule has 10 heteroatoms. The van der Waals surface area contributed by atoms with Crippen molar-refractivity contribution in [2.75, 3.05) is 10.6 Å². The number of aromatic nitrogens is 2. The normalized spacial score (nSPS) is 19.6. The van der Waals surface area contributed by atoms with Gasteiger partial charge >= 0.3 is 6.18 Å². The van der Waals surface area contributed by atoms with Crippen LogP contribution in [-0.4, -0.2) is 27.0 Å². The number of nitrogens with one attached hydrogen (secondary N) is 2. The fraction of sp³-hybridized carbons (Fsp3) is 0.300. The van der Waals surface area contributed by atoms with Gasteiger partial charge in [0.1, 0.15) is 17.1 Å². The quantitative estimate of drug-likeness (QED) is 0.580. The van der Waals surface area contributed by atoms with Gasteiger partial charge in [0.15, 0.2) is 6.04 Å². The maximum Gasteiger partial charge on any atom is 0.410 e. The number of aliphatic hydroxyl groups excluding tert-OH is 1. The van der Waals surface area contributed by atoms with Crippen LogP contribution in [0.2, 0.25) is 0 Å². The minimum atomic E-state index is -4.55. The first-order valence-electron chi connectivity index (χ1n) is 9.27. The number of amides is 1. The summed E-state index contributed by atoms with van der Waals surface area (Å²) < 4.78 is 47.1. The molecule has 1 aliphatic rings. The minimum absolute atomic E-state index is 0.0250. The molecule has 0 radical (unpaired) electrons. The zero-order valence-electron chi connectivity index (χ0n) is 15.8. The maximum absolute atomic E-state index is 13.7. The Morgan fingerprint density at radius 3 is 2.83 bits per heavy atom. The van der Waals surface area contributed by atoms with E-state index >= 15 is 0 Å². The van der Waals surface area contributed by atoms with Crippen molar-refractivity contribution < 1.29 is 27.5 Å². The summed E-state index contributed by atoms with van der Waals surface area (Å²) in [4.78, 5) is 12.8. The molecule has 0 spiro atoms. The first-order valence-corrected chi connectivity index (χ1v) is 9.27. The summed E-state index contributed by atoms with van der Waals surface area (Å²) in [5, 5.41) is 19.1. The van der Waals surface area contributed by atoms with Crippen molar-refractivity contribution in [3.8, 4) is 0 Å². The fourth-order valence-electron chi connectivity index (χ4n) is 3.48. The van der Waals surface area contributed by atoms with Crippen LogP contribution in [0.3, 0.4) is 0 Å². The summed E-state index contributed by atoms with van der Waals surface area (Å²) in [6.07, 6.45) is -3.10. The molecular formula is C20H19F3N4O3. The van der Waals surface area contributed by atoms with Gasteiger partial charge in [0.25, 0.3) is 5.91 Å². The second-order valence-electron chi connectivity index (χ2n) is 7.11. The predicted octanol–water partition coefficient (Wildman–Crippen LogP) is 4.44. The summed E-state index contributed by atoms with van der Waals surface area (Å²) in [6.45, 7) is 1.59. The first kappa shape index (κ1) is 20.0. The average Bonchev–Trinajstić information content (AvgIpc) is 3.36. The molecule has 0 aliphatic carbocycles. The largest absolute Gasteiger partial charge is 0.467 e. The fourth-order valence-corrected chi connectivity index (χ4v) is 3.48. The number of nitrogens with zero attached hydrogens (tertiary/aromatic N) is 2. The Morgan fingerprint density at radius 2 is 2.17 bits per heavy atom. The molecule has 0 bridgehead atoms. The summed E-state index contributed by atoms with van der Waals surface area (Å²) >= 11 is 0. The van der Waals surface area contributed by atoms with Crippen molar-refractivity contribution in [2.24, 2.45) is 0 Å². The number of fused-ring (bicyclic) bond motifs is 1. The van der Waals surface area contributed by atoms with Gasteiger partial charge in [0.2, 0.25) is 0 Å². The molecule has 30 heavy (non-hydrogen) atoms. The molecule has 1 aliphatic heterocycles. The number of carbonyl (C=O) groups is 1. The Bertz CT molecular complexity index is 1040. The number of furan rings is 1. The van der Waals surface area contributed by atoms with Crippen molar-refractivity contribution in [1.29, 1.82) is 0 Å². The lowest BCUT2D eigenvalue weighted by Gasteiger charge is -2.32. The van der Waals surface area contributed by atoms with Crippen LogP contribution >= 0.6 is 0 Å². The number of carbonyl (C=O) groups excluding carboxylic acids is 1. The molecule has 0 saturated carbocycles. The SMILES string of the molecule is C[C@H](O)c1cccc(NC(=O)c2cnn3c2N[C@H](c2ccco2)C[C@H]3C(F)(F)F)c1. The van der Waals surface area contributed by atoms with Crippen molar-refractivity contribution >= 4 is 17.4 Å². The molecule has 4 rings (SSSR count). The van der Waals surface area contributed by atoms with E-state index in [2.05, 4.69) is 15.7 Å². The van der Waals surface area contributed by atoms with Gasteiger partial charge in [0.05, 0.1) is 24.6 Å². The third-order valence-electron chi connectivity index (χ3n) is 5.00. The van der Waals surface area contributed by atoms with Gasteiger partial charge < -0.3 is 20.2 Å². The van der Waals surface area contributed by atoms with Crippen LogP contribution in [0.5, 0.6) is 0 Å². The van der Waals surface area contributed by atoms with Gasteiger partial charge in [0, 0.05) is 12.1 Å². The molecule has 1 amide bonds. The van der Waals surface area contributed by atoms with Gasteiger partial charge in [-0.05, 0) is 36.8 Å². The van der Waals surface area contributed by atoms with E-state index in [0.717, 1.165) is 10.9 Å². The number of benzene rings is 1. The molecule has 2 aromatic heterocycles. The number of hydrogen-bond donors (Lipinski definition) is 3. The van der Waals surface area contributed by atoms with Gasteiger partial charge in [-0.3, -0.25) is 4.79 Å². The first-order chi connectivity index (χ1) is 14.2. The molecule has 0 fully saturated rings. The summed E-state index contributed by atoms with van der Waals surface area (Å²) in [5.74, 6) is -0.311. The monoisotopic (exact) mass is 420 g/mol. The Hall–Kier alpha value is -3.27. The highest BCUT2D eigenvalue weighted by molar-refractivity contribution is 6.07. The molecule has 7 nitrogen and oxygen atoms in total.